The summed E-state index contributed by atoms with van der Waals surface area (Å²) in [6, 6.07) is 18.4. The molecule has 1 atom stereocenters. The van der Waals surface area contributed by atoms with E-state index in [9.17, 15) is 0 Å². The number of aromatic nitrogens is 1. The molecule has 1 unspecified atom stereocenters. The number of rotatable bonds is 1. The molecule has 5 rings (SSSR count). The van der Waals surface area contributed by atoms with Gasteiger partial charge in [-0.3, -0.25) is 0 Å². The molecule has 1 aromatic heterocycles. The predicted octanol–water partition coefficient (Wildman–Crippen LogP) is 5.29. The lowest BCUT2D eigenvalue weighted by Gasteiger charge is -2.27. The summed E-state index contributed by atoms with van der Waals surface area (Å²) in [4.78, 5) is 0. The normalized spacial score (nSPS) is 15.6. The molecule has 1 nitrogen and oxygen atoms in total. The van der Waals surface area contributed by atoms with E-state index < -0.39 is 7.92 Å². The van der Waals surface area contributed by atoms with Gasteiger partial charge in [-0.05, 0) is 61.4 Å². The van der Waals surface area contributed by atoms with Crippen LogP contribution in [0.5, 0.6) is 0 Å². The van der Waals surface area contributed by atoms with Crippen molar-refractivity contribution in [1.82, 2.24) is 0 Å². The molecule has 0 fully saturated rings. The number of pyridine rings is 1. The van der Waals surface area contributed by atoms with Gasteiger partial charge in [0, 0.05) is 16.2 Å². The van der Waals surface area contributed by atoms with Crippen LogP contribution in [0, 0.1) is 6.92 Å². The Labute approximate surface area is 162 Å². The van der Waals surface area contributed by atoms with Gasteiger partial charge in [0.1, 0.15) is 7.05 Å². The molecule has 1 aliphatic rings. The Bertz CT molecular complexity index is 1240. The number of benzene rings is 3. The Kier molecular flexibility index (Phi) is 3.68. The van der Waals surface area contributed by atoms with E-state index in [1.54, 1.807) is 5.30 Å². The van der Waals surface area contributed by atoms with Crippen molar-refractivity contribution in [2.75, 3.05) is 6.66 Å². The summed E-state index contributed by atoms with van der Waals surface area (Å²) < 4.78 is 2.36. The molecule has 0 saturated carbocycles. The minimum Gasteiger partial charge on any atom is -0.200 e. The quantitative estimate of drug-likeness (QED) is 0.317. The fraction of sp³-hybridized carbons (Fsp3) is 0.240. The largest absolute Gasteiger partial charge is 0.221 e. The van der Waals surface area contributed by atoms with Gasteiger partial charge in [-0.15, -0.1) is 0 Å². The Morgan fingerprint density at radius 1 is 0.963 bits per heavy atom. The van der Waals surface area contributed by atoms with Crippen molar-refractivity contribution in [3.63, 3.8) is 0 Å². The third kappa shape index (κ3) is 2.31. The molecule has 2 heterocycles. The predicted molar refractivity (Wildman–Crippen MR) is 119 cm³/mol. The van der Waals surface area contributed by atoms with Gasteiger partial charge >= 0.3 is 0 Å². The Hall–Kier alpha value is -2.24. The molecule has 4 aromatic rings. The van der Waals surface area contributed by atoms with Gasteiger partial charge in [-0.25, -0.2) is 0 Å². The van der Waals surface area contributed by atoms with Gasteiger partial charge in [-0.2, -0.15) is 4.57 Å². The average molecular weight is 370 g/mol. The Morgan fingerprint density at radius 3 is 2.52 bits per heavy atom. The number of fused-ring (bicyclic) bond motifs is 4. The van der Waals surface area contributed by atoms with Gasteiger partial charge < -0.3 is 0 Å². The second kappa shape index (κ2) is 5.88. The highest BCUT2D eigenvalue weighted by atomic mass is 31.1. The van der Waals surface area contributed by atoms with Crippen LogP contribution in [0.3, 0.4) is 0 Å². The fourth-order valence-corrected chi connectivity index (χ4v) is 6.89. The molecule has 0 saturated heterocycles. The van der Waals surface area contributed by atoms with Gasteiger partial charge in [-0.1, -0.05) is 50.2 Å². The van der Waals surface area contributed by atoms with Crippen LogP contribution in [0.4, 0.5) is 0 Å². The summed E-state index contributed by atoms with van der Waals surface area (Å²) in [5.41, 5.74) is 5.64. The summed E-state index contributed by atoms with van der Waals surface area (Å²) in [5, 5.41) is 8.68. The summed E-state index contributed by atoms with van der Waals surface area (Å²) in [6.45, 7) is 9.26. The highest BCUT2D eigenvalue weighted by Gasteiger charge is 2.33. The van der Waals surface area contributed by atoms with Crippen molar-refractivity contribution < 1.29 is 4.57 Å². The van der Waals surface area contributed by atoms with Crippen molar-refractivity contribution in [3.05, 3.63) is 65.9 Å². The van der Waals surface area contributed by atoms with Crippen LogP contribution in [0.15, 0.2) is 54.7 Å². The van der Waals surface area contributed by atoms with Crippen molar-refractivity contribution in [1.29, 1.82) is 0 Å². The van der Waals surface area contributed by atoms with Crippen LogP contribution in [-0.4, -0.2) is 6.66 Å². The third-order valence-electron chi connectivity index (χ3n) is 6.07. The molecule has 2 heteroatoms. The second-order valence-corrected chi connectivity index (χ2v) is 10.2. The Morgan fingerprint density at radius 2 is 1.74 bits per heavy atom. The minimum atomic E-state index is -0.394. The topological polar surface area (TPSA) is 3.88 Å². The maximum Gasteiger partial charge on any atom is 0.221 e. The monoisotopic (exact) mass is 370 g/mol. The molecule has 1 aliphatic heterocycles. The molecular formula is C25H25NP+. The number of aryl methyl sites for hydroxylation is 2. The van der Waals surface area contributed by atoms with Crippen LogP contribution in [0.1, 0.15) is 30.9 Å². The fourth-order valence-electron chi connectivity index (χ4n) is 4.62. The van der Waals surface area contributed by atoms with E-state index in [2.05, 4.69) is 93.8 Å². The number of hydrogen-bond donors (Lipinski definition) is 0. The zero-order valence-electron chi connectivity index (χ0n) is 16.7. The lowest BCUT2D eigenvalue weighted by atomic mass is 9.94. The lowest BCUT2D eigenvalue weighted by Crippen LogP contribution is -2.39. The molecule has 27 heavy (non-hydrogen) atoms. The van der Waals surface area contributed by atoms with Gasteiger partial charge in [0.25, 0.3) is 0 Å². The zero-order chi connectivity index (χ0) is 18.9. The van der Waals surface area contributed by atoms with Crippen LogP contribution >= 0.6 is 7.92 Å². The summed E-state index contributed by atoms with van der Waals surface area (Å²) >= 11 is 0. The van der Waals surface area contributed by atoms with E-state index in [0.29, 0.717) is 5.92 Å². The van der Waals surface area contributed by atoms with E-state index in [1.807, 2.05) is 0 Å². The number of nitrogens with zero attached hydrogens (tertiary/aromatic N) is 1. The molecule has 0 amide bonds. The Balaban J connectivity index is 2.00. The molecule has 134 valence electrons. The van der Waals surface area contributed by atoms with Crippen LogP contribution in [-0.2, 0) is 7.05 Å². The smallest absolute Gasteiger partial charge is 0.200 e. The van der Waals surface area contributed by atoms with E-state index >= 15 is 0 Å². The molecule has 0 N–H and O–H groups in total. The lowest BCUT2D eigenvalue weighted by molar-refractivity contribution is -0.658. The first-order chi connectivity index (χ1) is 13.0. The third-order valence-corrected chi connectivity index (χ3v) is 8.29. The second-order valence-electron chi connectivity index (χ2n) is 8.13. The standard InChI is InChI=1S/C25H25NP/c1-15(2)18-11-12-19-14-26(4)24-22-16(3)9-10-17-7-6-8-21(23(17)22)27(5)25(24)20(19)13-18/h6-15H,1-5H3/q+1. The van der Waals surface area contributed by atoms with E-state index in [0.717, 1.165) is 0 Å². The van der Waals surface area contributed by atoms with Crippen molar-refractivity contribution >= 4 is 40.1 Å². The first-order valence-corrected chi connectivity index (χ1v) is 11.5. The molecule has 0 radical (unpaired) electrons. The van der Waals surface area contributed by atoms with E-state index in [4.69, 9.17) is 0 Å². The van der Waals surface area contributed by atoms with Gasteiger partial charge in [0.05, 0.1) is 10.9 Å². The summed E-state index contributed by atoms with van der Waals surface area (Å²) in [5.74, 6) is 0.545. The van der Waals surface area contributed by atoms with Crippen LogP contribution < -0.4 is 15.2 Å². The van der Waals surface area contributed by atoms with E-state index in [1.165, 1.54) is 49.2 Å². The van der Waals surface area contributed by atoms with Crippen molar-refractivity contribution in [2.24, 2.45) is 7.05 Å². The average Bonchev–Trinajstić information content (AvgIpc) is 2.66. The highest BCUT2D eigenvalue weighted by molar-refractivity contribution is 7.73. The maximum absolute atomic E-state index is 2.45. The molecule has 0 bridgehead atoms. The van der Waals surface area contributed by atoms with Crippen LogP contribution in [0.25, 0.3) is 32.8 Å². The SMILES string of the molecule is Cc1ccc2cccc3c2c1-c1c(c2cc(C(C)C)ccc2c[n+]1C)P3C. The van der Waals surface area contributed by atoms with Crippen molar-refractivity contribution in [3.8, 4) is 11.3 Å². The molecule has 0 spiro atoms. The summed E-state index contributed by atoms with van der Waals surface area (Å²) in [7, 11) is 1.82. The summed E-state index contributed by atoms with van der Waals surface area (Å²) in [6.07, 6.45) is 2.31. The maximum atomic E-state index is 2.45. The molecule has 3 aromatic carbocycles. The first-order valence-electron chi connectivity index (χ1n) is 9.70. The van der Waals surface area contributed by atoms with E-state index in [-0.39, 0.29) is 0 Å². The number of hydrogen-bond acceptors (Lipinski definition) is 0. The molecule has 0 aliphatic carbocycles. The van der Waals surface area contributed by atoms with Crippen molar-refractivity contribution in [2.45, 2.75) is 26.7 Å². The first kappa shape index (κ1) is 16.9. The zero-order valence-corrected chi connectivity index (χ0v) is 17.6. The minimum absolute atomic E-state index is 0.394. The van der Waals surface area contributed by atoms with Gasteiger partial charge in [0.15, 0.2) is 6.20 Å². The highest BCUT2D eigenvalue weighted by Crippen LogP contribution is 2.45. The van der Waals surface area contributed by atoms with Crippen LogP contribution in [0.2, 0.25) is 0 Å². The van der Waals surface area contributed by atoms with Gasteiger partial charge in [0.2, 0.25) is 5.69 Å². The molecular weight excluding hydrogens is 345 g/mol.